The lowest BCUT2D eigenvalue weighted by Crippen LogP contribution is -2.52. The monoisotopic (exact) mass is 280 g/mol. The van der Waals surface area contributed by atoms with E-state index in [9.17, 15) is 31.1 Å². The maximum Gasteiger partial charge on any atom is 0.409 e. The van der Waals surface area contributed by atoms with Crippen LogP contribution in [0.3, 0.4) is 0 Å². The van der Waals surface area contributed by atoms with Crippen molar-refractivity contribution in [2.75, 3.05) is 13.1 Å². The molecule has 3 nitrogen and oxygen atoms in total. The van der Waals surface area contributed by atoms with Crippen LogP contribution in [0, 0.1) is 5.92 Å². The lowest BCUT2D eigenvalue weighted by atomic mass is 10.1. The van der Waals surface area contributed by atoms with E-state index in [4.69, 9.17) is 5.73 Å². The fraction of sp³-hybridized carbons (Fsp3) is 0.889. The molecule has 0 radical (unpaired) electrons. The van der Waals surface area contributed by atoms with E-state index < -0.39 is 30.2 Å². The van der Waals surface area contributed by atoms with Gasteiger partial charge in [-0.1, -0.05) is 0 Å². The first-order chi connectivity index (χ1) is 7.92. The molecule has 0 fully saturated rings. The number of rotatable bonds is 4. The van der Waals surface area contributed by atoms with E-state index in [2.05, 4.69) is 0 Å². The fourth-order valence-electron chi connectivity index (χ4n) is 1.39. The molecule has 0 bridgehead atoms. The van der Waals surface area contributed by atoms with Crippen molar-refractivity contribution in [1.82, 2.24) is 4.90 Å². The minimum atomic E-state index is -5.67. The fourth-order valence-corrected chi connectivity index (χ4v) is 1.39. The Morgan fingerprint density at radius 1 is 1.11 bits per heavy atom. The van der Waals surface area contributed by atoms with Gasteiger partial charge in [0.25, 0.3) is 0 Å². The van der Waals surface area contributed by atoms with Gasteiger partial charge in [-0.05, 0) is 13.8 Å². The lowest BCUT2D eigenvalue weighted by Gasteiger charge is -2.31. The van der Waals surface area contributed by atoms with Gasteiger partial charge in [0.15, 0.2) is 0 Å². The molecule has 0 rings (SSSR count). The van der Waals surface area contributed by atoms with Crippen LogP contribution in [0.4, 0.5) is 26.3 Å². The van der Waals surface area contributed by atoms with Crippen LogP contribution in [-0.2, 0) is 4.79 Å². The third-order valence-corrected chi connectivity index (χ3v) is 2.18. The third kappa shape index (κ3) is 4.35. The van der Waals surface area contributed by atoms with Gasteiger partial charge in [0, 0.05) is 19.1 Å². The molecule has 0 saturated heterocycles. The Kier molecular flexibility index (Phi) is 5.45. The van der Waals surface area contributed by atoms with Gasteiger partial charge in [0.05, 0.1) is 0 Å². The lowest BCUT2D eigenvalue weighted by molar-refractivity contribution is -0.278. The highest BCUT2D eigenvalue weighted by molar-refractivity contribution is 5.80. The molecule has 0 unspecified atom stereocenters. The van der Waals surface area contributed by atoms with Crippen LogP contribution in [0.1, 0.15) is 13.8 Å². The number of carbonyl (C=O) groups excluding carboxylic acids is 1. The van der Waals surface area contributed by atoms with Gasteiger partial charge < -0.3 is 10.6 Å². The molecular weight excluding hydrogens is 266 g/mol. The summed E-state index contributed by atoms with van der Waals surface area (Å²) < 4.78 is 74.0. The summed E-state index contributed by atoms with van der Waals surface area (Å²) in [6.45, 7) is 2.06. The minimum absolute atomic E-state index is 0.216. The topological polar surface area (TPSA) is 46.3 Å². The van der Waals surface area contributed by atoms with Gasteiger partial charge in [0.2, 0.25) is 11.8 Å². The average molecular weight is 280 g/mol. The van der Waals surface area contributed by atoms with Crippen LogP contribution in [0.5, 0.6) is 0 Å². The molecule has 1 amide bonds. The molecule has 0 aromatic carbocycles. The number of nitrogens with zero attached hydrogens (tertiary/aromatic N) is 1. The summed E-state index contributed by atoms with van der Waals surface area (Å²) in [5.74, 6) is -6.02. The van der Waals surface area contributed by atoms with Crippen molar-refractivity contribution in [3.8, 4) is 0 Å². The molecule has 0 aromatic heterocycles. The van der Waals surface area contributed by atoms with E-state index in [0.29, 0.717) is 4.90 Å². The highest BCUT2D eigenvalue weighted by Crippen LogP contribution is 2.40. The molecule has 9 heteroatoms. The molecule has 0 aliphatic carbocycles. The van der Waals surface area contributed by atoms with Crippen molar-refractivity contribution in [2.24, 2.45) is 11.7 Å². The molecule has 0 aliphatic heterocycles. The summed E-state index contributed by atoms with van der Waals surface area (Å²) in [5, 5.41) is 0. The maximum atomic E-state index is 12.3. The van der Waals surface area contributed by atoms with Crippen molar-refractivity contribution >= 4 is 5.91 Å². The number of hydrogen-bond donors (Lipinski definition) is 1. The number of carbonyl (C=O) groups is 1. The van der Waals surface area contributed by atoms with Gasteiger partial charge in [-0.25, -0.2) is 0 Å². The number of amides is 1. The third-order valence-electron chi connectivity index (χ3n) is 2.18. The van der Waals surface area contributed by atoms with Crippen molar-refractivity contribution < 1.29 is 31.1 Å². The van der Waals surface area contributed by atoms with E-state index in [1.54, 1.807) is 0 Å². The number of halogens is 6. The highest BCUT2D eigenvalue weighted by Gasteiger charge is 2.62. The van der Waals surface area contributed by atoms with Gasteiger partial charge >= 0.3 is 12.4 Å². The molecular formula is C9H14F6N2O. The Morgan fingerprint density at radius 3 is 1.72 bits per heavy atom. The molecule has 18 heavy (non-hydrogen) atoms. The van der Waals surface area contributed by atoms with E-state index in [0.717, 1.165) is 0 Å². The minimum Gasteiger partial charge on any atom is -0.338 e. The van der Waals surface area contributed by atoms with Crippen molar-refractivity contribution in [3.05, 3.63) is 0 Å². The zero-order valence-electron chi connectivity index (χ0n) is 9.77. The Morgan fingerprint density at radius 2 is 1.50 bits per heavy atom. The van der Waals surface area contributed by atoms with E-state index in [-0.39, 0.29) is 13.1 Å². The first-order valence-electron chi connectivity index (χ1n) is 5.07. The van der Waals surface area contributed by atoms with Crippen molar-refractivity contribution in [2.45, 2.75) is 32.2 Å². The summed E-state index contributed by atoms with van der Waals surface area (Å²) in [6.07, 6.45) is -11.3. The number of nitrogens with two attached hydrogens (primary N) is 1. The second-order valence-corrected chi connectivity index (χ2v) is 3.93. The van der Waals surface area contributed by atoms with Crippen LogP contribution in [-0.4, -0.2) is 42.3 Å². The Balaban J connectivity index is 5.31. The number of hydrogen-bond acceptors (Lipinski definition) is 2. The van der Waals surface area contributed by atoms with E-state index in [1.165, 1.54) is 13.8 Å². The first-order valence-corrected chi connectivity index (χ1v) is 5.07. The standard InChI is InChI=1S/C9H14F6N2O/c1-5(2)17(4-3-16)7(18)6(8(10,11)12)9(13,14)15/h5-6H,3-4,16H2,1-2H3. The molecule has 0 heterocycles. The summed E-state index contributed by atoms with van der Waals surface area (Å²) in [5.41, 5.74) is 5.07. The summed E-state index contributed by atoms with van der Waals surface area (Å²) >= 11 is 0. The zero-order valence-corrected chi connectivity index (χ0v) is 9.77. The van der Waals surface area contributed by atoms with Gasteiger partial charge in [-0.3, -0.25) is 4.79 Å². The Labute approximate surface area is 99.9 Å². The normalized spacial score (nSPS) is 13.3. The largest absolute Gasteiger partial charge is 0.409 e. The van der Waals surface area contributed by atoms with Gasteiger partial charge in [0.1, 0.15) is 0 Å². The van der Waals surface area contributed by atoms with E-state index >= 15 is 0 Å². The smallest absolute Gasteiger partial charge is 0.338 e. The predicted octanol–water partition coefficient (Wildman–Crippen LogP) is 1.92. The van der Waals surface area contributed by atoms with Crippen LogP contribution in [0.15, 0.2) is 0 Å². The average Bonchev–Trinajstić information content (AvgIpc) is 2.08. The Bertz CT molecular complexity index is 272. The Hall–Kier alpha value is -0.990. The zero-order chi connectivity index (χ0) is 14.7. The van der Waals surface area contributed by atoms with Gasteiger partial charge in [-0.2, -0.15) is 26.3 Å². The molecule has 0 saturated carbocycles. The summed E-state index contributed by atoms with van der Waals surface area (Å²) in [4.78, 5) is 11.9. The number of alkyl halides is 6. The summed E-state index contributed by atoms with van der Waals surface area (Å²) in [6, 6.07) is -0.798. The molecule has 108 valence electrons. The van der Waals surface area contributed by atoms with Crippen LogP contribution < -0.4 is 5.73 Å². The quantitative estimate of drug-likeness (QED) is 0.800. The molecule has 0 atom stereocenters. The van der Waals surface area contributed by atoms with Crippen LogP contribution in [0.2, 0.25) is 0 Å². The predicted molar refractivity (Wildman–Crippen MR) is 51.5 cm³/mol. The van der Waals surface area contributed by atoms with Crippen molar-refractivity contribution in [1.29, 1.82) is 0 Å². The molecule has 0 aromatic rings. The molecule has 2 N–H and O–H groups in total. The van der Waals surface area contributed by atoms with Crippen LogP contribution >= 0.6 is 0 Å². The first kappa shape index (κ1) is 17.0. The SMILES string of the molecule is CC(C)N(CCN)C(=O)C(C(F)(F)F)C(F)(F)F. The highest BCUT2D eigenvalue weighted by atomic mass is 19.4. The molecule has 0 spiro atoms. The van der Waals surface area contributed by atoms with Gasteiger partial charge in [-0.15, -0.1) is 0 Å². The second kappa shape index (κ2) is 5.77. The van der Waals surface area contributed by atoms with Crippen LogP contribution in [0.25, 0.3) is 0 Å². The maximum absolute atomic E-state index is 12.3. The van der Waals surface area contributed by atoms with Crippen molar-refractivity contribution in [3.63, 3.8) is 0 Å². The second-order valence-electron chi connectivity index (χ2n) is 3.93. The summed E-state index contributed by atoms with van der Waals surface area (Å²) in [7, 11) is 0. The van der Waals surface area contributed by atoms with E-state index in [1.807, 2.05) is 0 Å². The molecule has 0 aliphatic rings.